The largest absolute Gasteiger partial charge is 0.465 e. The minimum absolute atomic E-state index is 0.0171. The van der Waals surface area contributed by atoms with E-state index in [-0.39, 0.29) is 49.6 Å². The van der Waals surface area contributed by atoms with E-state index in [4.69, 9.17) is 9.47 Å². The van der Waals surface area contributed by atoms with Crippen molar-refractivity contribution in [1.82, 2.24) is 4.90 Å². The third-order valence-electron chi connectivity index (χ3n) is 8.94. The first-order chi connectivity index (χ1) is 18.1. The van der Waals surface area contributed by atoms with Crippen molar-refractivity contribution in [2.24, 2.45) is 10.8 Å². The lowest BCUT2D eigenvalue weighted by Crippen LogP contribution is -2.59. The van der Waals surface area contributed by atoms with E-state index in [2.05, 4.69) is 4.90 Å². The van der Waals surface area contributed by atoms with Gasteiger partial charge in [-0.1, -0.05) is 43.3 Å². The molecule has 200 valence electrons. The molecule has 0 aromatic heterocycles. The molecule has 9 nitrogen and oxygen atoms in total. The van der Waals surface area contributed by atoms with Crippen LogP contribution in [0.5, 0.6) is 0 Å². The third kappa shape index (κ3) is 3.37. The average molecular weight is 521 g/mol. The van der Waals surface area contributed by atoms with Gasteiger partial charge in [0.25, 0.3) is 5.69 Å². The molecule has 5 rings (SSSR count). The molecule has 38 heavy (non-hydrogen) atoms. The Kier molecular flexibility index (Phi) is 6.17. The maximum absolute atomic E-state index is 14.6. The molecule has 0 amide bonds. The zero-order chi connectivity index (χ0) is 27.5. The Bertz CT molecular complexity index is 1300. The van der Waals surface area contributed by atoms with Crippen molar-refractivity contribution in [2.45, 2.75) is 64.6 Å². The summed E-state index contributed by atoms with van der Waals surface area (Å²) in [4.78, 5) is 54.5. The van der Waals surface area contributed by atoms with E-state index in [1.807, 2.05) is 38.1 Å². The number of esters is 2. The van der Waals surface area contributed by atoms with Crippen molar-refractivity contribution in [3.8, 4) is 0 Å². The summed E-state index contributed by atoms with van der Waals surface area (Å²) in [5.74, 6) is -1.43. The second-order valence-electron chi connectivity index (χ2n) is 10.9. The molecule has 0 N–H and O–H groups in total. The summed E-state index contributed by atoms with van der Waals surface area (Å²) in [6.45, 7) is 7.54. The molecular weight excluding hydrogens is 488 g/mol. The molecule has 3 aliphatic rings. The number of carbonyl (C=O) groups excluding carboxylic acids is 3. The Morgan fingerprint density at radius 2 is 1.66 bits per heavy atom. The van der Waals surface area contributed by atoms with Crippen LogP contribution < -0.4 is 0 Å². The molecule has 2 aromatic carbocycles. The van der Waals surface area contributed by atoms with E-state index in [1.165, 1.54) is 12.1 Å². The Labute approximate surface area is 221 Å². The molecular formula is C29H32N2O7. The Hall–Kier alpha value is -3.59. The van der Waals surface area contributed by atoms with Crippen molar-refractivity contribution in [1.29, 1.82) is 0 Å². The number of ketones is 1. The molecule has 1 aliphatic carbocycles. The number of nitro benzene ring substituents is 1. The lowest BCUT2D eigenvalue weighted by Gasteiger charge is -2.49. The van der Waals surface area contributed by atoms with Crippen molar-refractivity contribution >= 4 is 23.4 Å². The van der Waals surface area contributed by atoms with Crippen molar-refractivity contribution in [3.05, 3.63) is 75.3 Å². The molecule has 0 unspecified atom stereocenters. The molecule has 1 saturated heterocycles. The van der Waals surface area contributed by atoms with Crippen LogP contribution in [0.4, 0.5) is 5.69 Å². The molecule has 4 atom stereocenters. The number of fused-ring (bicyclic) bond motifs is 3. The lowest BCUT2D eigenvalue weighted by molar-refractivity contribution is -0.384. The third-order valence-corrected chi connectivity index (χ3v) is 8.94. The summed E-state index contributed by atoms with van der Waals surface area (Å²) in [6.07, 6.45) is 0.653. The molecule has 2 bridgehead atoms. The van der Waals surface area contributed by atoms with Gasteiger partial charge in [0, 0.05) is 36.2 Å². The van der Waals surface area contributed by atoms with Crippen LogP contribution in [0.2, 0.25) is 0 Å². The van der Waals surface area contributed by atoms with Crippen LogP contribution >= 0.6 is 0 Å². The second-order valence-corrected chi connectivity index (χ2v) is 10.9. The van der Waals surface area contributed by atoms with E-state index in [9.17, 15) is 24.5 Å². The molecule has 0 radical (unpaired) electrons. The molecule has 1 spiro atoms. The van der Waals surface area contributed by atoms with Gasteiger partial charge in [-0.2, -0.15) is 0 Å². The number of carbonyl (C=O) groups is 3. The molecule has 1 saturated carbocycles. The topological polar surface area (TPSA) is 116 Å². The zero-order valence-electron chi connectivity index (χ0n) is 22.1. The highest BCUT2D eigenvalue weighted by atomic mass is 16.6. The highest BCUT2D eigenvalue weighted by Crippen LogP contribution is 2.72. The standard InChI is InChI=1S/C29H32N2O7/c1-5-37-25(33)28(26(34)38-6-2)16-27(4)15-23-21-9-7-8-10-22(21)24(32)29(27,17-28)30(23)18(3)19-11-13-20(14-12-19)31(35)36/h7-14,18,23H,5-6,15-17H2,1-4H3/t18-,23-,27-,29-/m0/s1. The molecule has 2 aromatic rings. The van der Waals surface area contributed by atoms with Crippen LogP contribution in [-0.4, -0.2) is 46.3 Å². The van der Waals surface area contributed by atoms with Crippen LogP contribution in [0.25, 0.3) is 0 Å². The number of Topliss-reactive ketones (excluding diaryl/α,β-unsaturated/α-hetero) is 1. The number of ether oxygens (including phenoxy) is 2. The predicted octanol–water partition coefficient (Wildman–Crippen LogP) is 4.95. The van der Waals surface area contributed by atoms with E-state index in [1.54, 1.807) is 26.0 Å². The normalized spacial score (nSPS) is 27.8. The van der Waals surface area contributed by atoms with Crippen molar-refractivity contribution in [2.75, 3.05) is 13.2 Å². The van der Waals surface area contributed by atoms with Gasteiger partial charge in [-0.25, -0.2) is 0 Å². The van der Waals surface area contributed by atoms with Gasteiger partial charge < -0.3 is 9.47 Å². The fraction of sp³-hybridized carbons (Fsp3) is 0.483. The van der Waals surface area contributed by atoms with Gasteiger partial charge in [0.15, 0.2) is 11.2 Å². The summed E-state index contributed by atoms with van der Waals surface area (Å²) >= 11 is 0. The quantitative estimate of drug-likeness (QED) is 0.218. The summed E-state index contributed by atoms with van der Waals surface area (Å²) in [5, 5.41) is 11.2. The van der Waals surface area contributed by atoms with Gasteiger partial charge >= 0.3 is 11.9 Å². The van der Waals surface area contributed by atoms with Gasteiger partial charge in [-0.3, -0.25) is 29.4 Å². The number of nitrogens with zero attached hydrogens (tertiary/aromatic N) is 2. The number of non-ortho nitro benzene ring substituents is 1. The van der Waals surface area contributed by atoms with Crippen molar-refractivity contribution in [3.63, 3.8) is 0 Å². The number of rotatable bonds is 7. The van der Waals surface area contributed by atoms with Crippen LogP contribution in [-0.2, 0) is 19.1 Å². The smallest absolute Gasteiger partial charge is 0.323 e. The summed E-state index contributed by atoms with van der Waals surface area (Å²) in [7, 11) is 0. The number of benzene rings is 2. The van der Waals surface area contributed by atoms with E-state index in [0.29, 0.717) is 12.0 Å². The van der Waals surface area contributed by atoms with Gasteiger partial charge in [0.05, 0.1) is 23.7 Å². The van der Waals surface area contributed by atoms with E-state index in [0.717, 1.165) is 11.1 Å². The number of hydrogen-bond acceptors (Lipinski definition) is 8. The number of hydrogen-bond donors (Lipinski definition) is 0. The minimum Gasteiger partial charge on any atom is -0.465 e. The summed E-state index contributed by atoms with van der Waals surface area (Å²) in [6, 6.07) is 13.4. The van der Waals surface area contributed by atoms with Gasteiger partial charge in [-0.15, -0.1) is 0 Å². The first-order valence-corrected chi connectivity index (χ1v) is 13.1. The maximum atomic E-state index is 14.6. The highest BCUT2D eigenvalue weighted by molar-refractivity contribution is 6.10. The minimum atomic E-state index is -1.61. The van der Waals surface area contributed by atoms with E-state index >= 15 is 0 Å². The van der Waals surface area contributed by atoms with Gasteiger partial charge in [0.2, 0.25) is 0 Å². The SMILES string of the molecule is CCOC(=O)C1(C(=O)OCC)C[C@]2(C)C[C@H]3c4ccccc4C(=O)[C@]2(C1)N3[C@@H](C)c1ccc([N+](=O)[O-])cc1. The lowest BCUT2D eigenvalue weighted by atomic mass is 9.70. The second kappa shape index (κ2) is 9.01. The maximum Gasteiger partial charge on any atom is 0.323 e. The van der Waals surface area contributed by atoms with Gasteiger partial charge in [0.1, 0.15) is 0 Å². The Morgan fingerprint density at radius 3 is 2.24 bits per heavy atom. The van der Waals surface area contributed by atoms with Gasteiger partial charge in [-0.05, 0) is 50.2 Å². The molecule has 2 fully saturated rings. The fourth-order valence-corrected chi connectivity index (χ4v) is 7.45. The average Bonchev–Trinajstić information content (AvgIpc) is 3.29. The first kappa shape index (κ1) is 26.0. The molecule has 9 heteroatoms. The van der Waals surface area contributed by atoms with Crippen LogP contribution in [0.1, 0.15) is 80.5 Å². The highest BCUT2D eigenvalue weighted by Gasteiger charge is 2.78. The monoisotopic (exact) mass is 520 g/mol. The first-order valence-electron chi connectivity index (χ1n) is 13.1. The summed E-state index contributed by atoms with van der Waals surface area (Å²) in [5.41, 5.74) is -1.20. The zero-order valence-corrected chi connectivity index (χ0v) is 22.1. The van der Waals surface area contributed by atoms with Crippen molar-refractivity contribution < 1.29 is 28.8 Å². The molecule has 2 heterocycles. The Balaban J connectivity index is 1.70. The molecule has 2 aliphatic heterocycles. The number of nitro groups is 1. The Morgan fingerprint density at radius 1 is 1.05 bits per heavy atom. The van der Waals surface area contributed by atoms with Crippen LogP contribution in [0, 0.1) is 20.9 Å². The summed E-state index contributed by atoms with van der Waals surface area (Å²) < 4.78 is 10.9. The predicted molar refractivity (Wildman–Crippen MR) is 137 cm³/mol. The van der Waals surface area contributed by atoms with E-state index < -0.39 is 33.2 Å². The van der Waals surface area contributed by atoms with Crippen LogP contribution in [0.15, 0.2) is 48.5 Å². The fourth-order valence-electron chi connectivity index (χ4n) is 7.45. The van der Waals surface area contributed by atoms with Crippen LogP contribution in [0.3, 0.4) is 0 Å².